The van der Waals surface area contributed by atoms with Crippen LogP contribution in [0.1, 0.15) is 50.9 Å². The van der Waals surface area contributed by atoms with Gasteiger partial charge in [0.15, 0.2) is 0 Å². The number of H-pyrrole nitrogens is 1. The lowest BCUT2D eigenvalue weighted by Gasteiger charge is -2.11. The topological polar surface area (TPSA) is 103 Å². The van der Waals surface area contributed by atoms with Crippen molar-refractivity contribution in [1.82, 2.24) is 14.8 Å². The van der Waals surface area contributed by atoms with E-state index in [0.717, 1.165) is 32.1 Å². The minimum absolute atomic E-state index is 0.164. The fourth-order valence-corrected chi connectivity index (χ4v) is 1.78. The zero-order valence-corrected chi connectivity index (χ0v) is 10.5. The first kappa shape index (κ1) is 13.9. The molecule has 0 amide bonds. The Bertz CT molecular complexity index is 370. The molecule has 6 heteroatoms. The normalized spacial score (nSPS) is 12.9. The molecule has 1 unspecified atom stereocenters. The van der Waals surface area contributed by atoms with Crippen LogP contribution in [0.3, 0.4) is 0 Å². The maximum Gasteiger partial charge on any atom is 0.343 e. The van der Waals surface area contributed by atoms with Crippen molar-refractivity contribution in [3.63, 3.8) is 0 Å². The molecule has 0 aromatic carbocycles. The summed E-state index contributed by atoms with van der Waals surface area (Å²) in [6, 6.07) is -0.183. The van der Waals surface area contributed by atoms with Gasteiger partial charge in [-0.15, -0.1) is 0 Å². The summed E-state index contributed by atoms with van der Waals surface area (Å²) in [7, 11) is 0. The van der Waals surface area contributed by atoms with Crippen LogP contribution in [0.4, 0.5) is 0 Å². The summed E-state index contributed by atoms with van der Waals surface area (Å²) in [5, 5.41) is 6.49. The smallest absolute Gasteiger partial charge is 0.330 e. The van der Waals surface area contributed by atoms with Gasteiger partial charge in [-0.05, 0) is 25.8 Å². The van der Waals surface area contributed by atoms with Gasteiger partial charge < -0.3 is 11.5 Å². The highest BCUT2D eigenvalue weighted by Crippen LogP contribution is 2.13. The van der Waals surface area contributed by atoms with E-state index >= 15 is 0 Å². The lowest BCUT2D eigenvalue weighted by molar-refractivity contribution is 0.512. The van der Waals surface area contributed by atoms with Crippen LogP contribution in [0, 0.1) is 0 Å². The van der Waals surface area contributed by atoms with Crippen molar-refractivity contribution >= 4 is 0 Å². The van der Waals surface area contributed by atoms with Crippen molar-refractivity contribution in [3.8, 4) is 0 Å². The summed E-state index contributed by atoms with van der Waals surface area (Å²) in [6.45, 7) is 3.45. The van der Waals surface area contributed by atoms with Crippen LogP contribution < -0.4 is 17.2 Å². The molecule has 1 aromatic heterocycles. The zero-order chi connectivity index (χ0) is 12.7. The summed E-state index contributed by atoms with van der Waals surface area (Å²) < 4.78 is 1.65. The number of nitrogens with two attached hydrogens (primary N) is 2. The van der Waals surface area contributed by atoms with E-state index in [1.807, 2.05) is 0 Å². The average molecular weight is 241 g/mol. The standard InChI is InChI=1S/C11H23N5O/c1-2-3-8-16-10(14-15-11(16)17)9(13)6-4-5-7-12/h9H,2-8,12-13H2,1H3,(H,15,17). The van der Waals surface area contributed by atoms with E-state index in [9.17, 15) is 4.79 Å². The van der Waals surface area contributed by atoms with E-state index in [0.29, 0.717) is 18.9 Å². The Morgan fingerprint density at radius 3 is 2.82 bits per heavy atom. The van der Waals surface area contributed by atoms with Crippen LogP contribution >= 0.6 is 0 Å². The Balaban J connectivity index is 2.65. The SMILES string of the molecule is CCCCn1c(C(N)CCCCN)n[nH]c1=O. The van der Waals surface area contributed by atoms with Gasteiger partial charge in [0.1, 0.15) is 5.82 Å². The van der Waals surface area contributed by atoms with Crippen LogP contribution in [-0.2, 0) is 6.54 Å². The Morgan fingerprint density at radius 1 is 1.41 bits per heavy atom. The Morgan fingerprint density at radius 2 is 2.18 bits per heavy atom. The van der Waals surface area contributed by atoms with E-state index < -0.39 is 0 Å². The van der Waals surface area contributed by atoms with Crippen LogP contribution in [0.5, 0.6) is 0 Å². The van der Waals surface area contributed by atoms with Gasteiger partial charge in [0.05, 0.1) is 6.04 Å². The number of nitrogens with one attached hydrogen (secondary N) is 1. The summed E-state index contributed by atoms with van der Waals surface area (Å²) >= 11 is 0. The Kier molecular flexibility index (Phi) is 5.93. The van der Waals surface area contributed by atoms with E-state index in [1.165, 1.54) is 0 Å². The highest BCUT2D eigenvalue weighted by Gasteiger charge is 2.15. The van der Waals surface area contributed by atoms with Crippen molar-refractivity contribution in [2.45, 2.75) is 51.6 Å². The second-order valence-electron chi connectivity index (χ2n) is 4.28. The van der Waals surface area contributed by atoms with Crippen LogP contribution in [-0.4, -0.2) is 21.3 Å². The number of hydrogen-bond donors (Lipinski definition) is 3. The molecule has 98 valence electrons. The van der Waals surface area contributed by atoms with Crippen molar-refractivity contribution in [3.05, 3.63) is 16.3 Å². The molecule has 0 bridgehead atoms. The first-order chi connectivity index (χ1) is 8.20. The average Bonchev–Trinajstić information content (AvgIpc) is 2.68. The van der Waals surface area contributed by atoms with Gasteiger partial charge in [0.25, 0.3) is 0 Å². The number of rotatable bonds is 8. The predicted molar refractivity (Wildman–Crippen MR) is 67.6 cm³/mol. The maximum atomic E-state index is 11.5. The number of hydrogen-bond acceptors (Lipinski definition) is 4. The fourth-order valence-electron chi connectivity index (χ4n) is 1.78. The van der Waals surface area contributed by atoms with Gasteiger partial charge in [-0.1, -0.05) is 19.8 Å². The summed E-state index contributed by atoms with van der Waals surface area (Å²) in [5.41, 5.74) is 11.3. The third-order valence-corrected chi connectivity index (χ3v) is 2.82. The van der Waals surface area contributed by atoms with Crippen molar-refractivity contribution in [2.24, 2.45) is 11.5 Å². The van der Waals surface area contributed by atoms with Gasteiger partial charge in [-0.3, -0.25) is 4.57 Å². The second kappa shape index (κ2) is 7.24. The molecular weight excluding hydrogens is 218 g/mol. The number of unbranched alkanes of at least 4 members (excludes halogenated alkanes) is 2. The zero-order valence-electron chi connectivity index (χ0n) is 10.5. The molecule has 0 aliphatic carbocycles. The molecule has 1 heterocycles. The first-order valence-corrected chi connectivity index (χ1v) is 6.31. The van der Waals surface area contributed by atoms with Crippen molar-refractivity contribution in [1.29, 1.82) is 0 Å². The third-order valence-electron chi connectivity index (χ3n) is 2.82. The van der Waals surface area contributed by atoms with Crippen LogP contribution in [0.15, 0.2) is 4.79 Å². The Hall–Kier alpha value is -1.14. The van der Waals surface area contributed by atoms with Crippen molar-refractivity contribution < 1.29 is 0 Å². The monoisotopic (exact) mass is 241 g/mol. The van der Waals surface area contributed by atoms with Gasteiger partial charge in [0, 0.05) is 6.54 Å². The largest absolute Gasteiger partial charge is 0.343 e. The quantitative estimate of drug-likeness (QED) is 0.577. The maximum absolute atomic E-state index is 11.5. The predicted octanol–water partition coefficient (Wildman–Crippen LogP) is 0.500. The summed E-state index contributed by atoms with van der Waals surface area (Å²) in [5.74, 6) is 0.667. The lowest BCUT2D eigenvalue weighted by Crippen LogP contribution is -2.23. The molecule has 6 nitrogen and oxygen atoms in total. The summed E-state index contributed by atoms with van der Waals surface area (Å²) in [4.78, 5) is 11.5. The van der Waals surface area contributed by atoms with E-state index in [1.54, 1.807) is 4.57 Å². The molecule has 1 rings (SSSR count). The number of aromatic nitrogens is 3. The Labute approximate surface area is 101 Å². The molecule has 0 fully saturated rings. The van der Waals surface area contributed by atoms with Gasteiger partial charge in [0.2, 0.25) is 0 Å². The molecule has 0 saturated heterocycles. The van der Waals surface area contributed by atoms with Gasteiger partial charge in [-0.2, -0.15) is 5.10 Å². The molecule has 0 spiro atoms. The molecule has 0 aliphatic rings. The highest BCUT2D eigenvalue weighted by molar-refractivity contribution is 4.93. The molecule has 1 atom stereocenters. The second-order valence-corrected chi connectivity index (χ2v) is 4.28. The number of aromatic amines is 1. The molecule has 0 aliphatic heterocycles. The van der Waals surface area contributed by atoms with E-state index in [4.69, 9.17) is 11.5 Å². The summed E-state index contributed by atoms with van der Waals surface area (Å²) in [6.07, 6.45) is 4.73. The van der Waals surface area contributed by atoms with Crippen LogP contribution in [0.25, 0.3) is 0 Å². The minimum atomic E-state index is -0.183. The number of nitrogens with zero attached hydrogens (tertiary/aromatic N) is 2. The van der Waals surface area contributed by atoms with Gasteiger partial charge >= 0.3 is 5.69 Å². The lowest BCUT2D eigenvalue weighted by atomic mass is 10.1. The minimum Gasteiger partial charge on any atom is -0.330 e. The van der Waals surface area contributed by atoms with Crippen molar-refractivity contribution in [2.75, 3.05) is 6.54 Å². The molecular formula is C11H23N5O. The highest BCUT2D eigenvalue weighted by atomic mass is 16.1. The molecule has 1 aromatic rings. The third kappa shape index (κ3) is 3.98. The van der Waals surface area contributed by atoms with E-state index in [2.05, 4.69) is 17.1 Å². The fraction of sp³-hybridized carbons (Fsp3) is 0.818. The molecule has 0 saturated carbocycles. The van der Waals surface area contributed by atoms with Gasteiger partial charge in [-0.25, -0.2) is 9.89 Å². The van der Waals surface area contributed by atoms with Crippen LogP contribution in [0.2, 0.25) is 0 Å². The molecule has 17 heavy (non-hydrogen) atoms. The molecule has 0 radical (unpaired) electrons. The first-order valence-electron chi connectivity index (χ1n) is 6.31. The molecule has 5 N–H and O–H groups in total. The van der Waals surface area contributed by atoms with E-state index in [-0.39, 0.29) is 11.7 Å².